The van der Waals surface area contributed by atoms with Crippen molar-refractivity contribution in [1.29, 1.82) is 0 Å². The van der Waals surface area contributed by atoms with Gasteiger partial charge >= 0.3 is 12.3 Å². The molecule has 2 N–H and O–H groups in total. The molecule has 0 aliphatic rings. The van der Waals surface area contributed by atoms with Gasteiger partial charge in [0.25, 0.3) is 0 Å². The molecule has 30 heavy (non-hydrogen) atoms. The zero-order valence-electron chi connectivity index (χ0n) is 15.4. The van der Waals surface area contributed by atoms with Gasteiger partial charge < -0.3 is 15.0 Å². The summed E-state index contributed by atoms with van der Waals surface area (Å²) in [6, 6.07) is 6.45. The Morgan fingerprint density at radius 1 is 1.07 bits per heavy atom. The zero-order valence-corrected chi connectivity index (χ0v) is 15.4. The molecule has 0 saturated heterocycles. The topological polar surface area (TPSA) is 37.0 Å². The van der Waals surface area contributed by atoms with E-state index < -0.39 is 36.4 Å². The summed E-state index contributed by atoms with van der Waals surface area (Å²) in [4.78, 5) is 2.58. The molecule has 0 fully saturated rings. The first-order valence-electron chi connectivity index (χ1n) is 8.91. The average Bonchev–Trinajstić information content (AvgIpc) is 3.13. The number of ether oxygens (including phenoxy) is 1. The third-order valence-corrected chi connectivity index (χ3v) is 4.43. The molecule has 0 bridgehead atoms. The van der Waals surface area contributed by atoms with Crippen molar-refractivity contribution in [2.24, 2.45) is 0 Å². The van der Waals surface area contributed by atoms with Crippen LogP contribution in [0.15, 0.2) is 36.5 Å². The monoisotopic (exact) mass is 434 g/mol. The van der Waals surface area contributed by atoms with E-state index in [1.54, 1.807) is 6.07 Å². The Morgan fingerprint density at radius 3 is 2.57 bits per heavy atom. The van der Waals surface area contributed by atoms with Crippen molar-refractivity contribution in [2.45, 2.75) is 25.3 Å². The number of alkyl halides is 4. The number of benzene rings is 2. The lowest BCUT2D eigenvalue weighted by Crippen LogP contribution is -2.33. The fraction of sp³-hybridized carbons (Fsp3) is 0.300. The highest BCUT2D eigenvalue weighted by atomic mass is 19.3. The lowest BCUT2D eigenvalue weighted by atomic mass is 10.1. The Morgan fingerprint density at radius 2 is 1.83 bits per heavy atom. The van der Waals surface area contributed by atoms with E-state index in [4.69, 9.17) is 4.74 Å². The van der Waals surface area contributed by atoms with E-state index in [9.17, 15) is 30.7 Å². The van der Waals surface area contributed by atoms with Crippen LogP contribution in [0.4, 0.5) is 30.7 Å². The predicted molar refractivity (Wildman–Crippen MR) is 96.5 cm³/mol. The highest BCUT2D eigenvalue weighted by molar-refractivity contribution is 5.84. The molecular formula is C20H17F7N2O. The highest BCUT2D eigenvalue weighted by Gasteiger charge is 2.41. The largest absolute Gasteiger partial charge is 0.487 e. The molecule has 0 radical (unpaired) electrons. The van der Waals surface area contributed by atoms with Gasteiger partial charge in [-0.2, -0.15) is 8.78 Å². The summed E-state index contributed by atoms with van der Waals surface area (Å²) in [5, 5.41) is 2.88. The Hall–Kier alpha value is -2.75. The summed E-state index contributed by atoms with van der Waals surface area (Å²) in [7, 11) is 0. The predicted octanol–water partition coefficient (Wildman–Crippen LogP) is 5.20. The molecule has 3 nitrogen and oxygen atoms in total. The van der Waals surface area contributed by atoms with E-state index in [1.807, 2.05) is 0 Å². The fourth-order valence-corrected chi connectivity index (χ4v) is 2.91. The normalized spacial score (nSPS) is 12.1. The summed E-state index contributed by atoms with van der Waals surface area (Å²) in [6.45, 7) is -0.851. The second-order valence-electron chi connectivity index (χ2n) is 6.64. The van der Waals surface area contributed by atoms with Gasteiger partial charge in [-0.1, -0.05) is 12.1 Å². The van der Waals surface area contributed by atoms with Gasteiger partial charge in [-0.25, -0.2) is 22.0 Å². The lowest BCUT2D eigenvalue weighted by Gasteiger charge is -2.16. The lowest BCUT2D eigenvalue weighted by molar-refractivity contribution is -0.148. The van der Waals surface area contributed by atoms with Gasteiger partial charge in [-0.15, -0.1) is 0 Å². The Balaban J connectivity index is 1.56. The molecule has 0 unspecified atom stereocenters. The highest BCUT2D eigenvalue weighted by Crippen LogP contribution is 2.27. The van der Waals surface area contributed by atoms with Gasteiger partial charge in [0, 0.05) is 24.2 Å². The number of halogens is 7. The van der Waals surface area contributed by atoms with Gasteiger partial charge in [-0.05, 0) is 36.2 Å². The molecule has 2 aromatic carbocycles. The smallest absolute Gasteiger partial charge is 0.340 e. The van der Waals surface area contributed by atoms with Crippen LogP contribution in [0.5, 0.6) is 5.75 Å². The van der Waals surface area contributed by atoms with E-state index in [2.05, 4.69) is 10.3 Å². The maximum atomic E-state index is 14.0. The molecule has 0 atom stereocenters. The Kier molecular flexibility index (Phi) is 6.55. The number of fused-ring (bicyclic) bond motifs is 1. The van der Waals surface area contributed by atoms with Crippen molar-refractivity contribution in [2.75, 3.05) is 13.2 Å². The molecule has 162 valence electrons. The van der Waals surface area contributed by atoms with Crippen LogP contribution in [0, 0.1) is 17.5 Å². The minimum Gasteiger partial charge on any atom is -0.487 e. The molecule has 10 heteroatoms. The van der Waals surface area contributed by atoms with E-state index in [1.165, 1.54) is 24.4 Å². The van der Waals surface area contributed by atoms with E-state index in [-0.39, 0.29) is 29.6 Å². The van der Waals surface area contributed by atoms with Crippen LogP contribution in [0.2, 0.25) is 0 Å². The van der Waals surface area contributed by atoms with Crippen molar-refractivity contribution < 1.29 is 35.5 Å². The Bertz CT molecular complexity index is 1020. The van der Waals surface area contributed by atoms with Gasteiger partial charge in [-0.3, -0.25) is 0 Å². The number of hydrogen-bond acceptors (Lipinski definition) is 2. The molecule has 0 amide bonds. The third-order valence-electron chi connectivity index (χ3n) is 4.43. The molecular weight excluding hydrogens is 417 g/mol. The van der Waals surface area contributed by atoms with Crippen LogP contribution in [-0.4, -0.2) is 30.5 Å². The number of H-pyrrole nitrogens is 1. The van der Waals surface area contributed by atoms with Crippen molar-refractivity contribution in [3.8, 4) is 5.75 Å². The SMILES string of the molecule is Fc1cc(F)c2[nH]cc(CCNCc3cccc(OCC(F)(F)C(F)F)c3)c2c1F. The summed E-state index contributed by atoms with van der Waals surface area (Å²) in [5.41, 5.74) is 0.907. The first-order chi connectivity index (χ1) is 14.2. The van der Waals surface area contributed by atoms with Crippen LogP contribution in [0.25, 0.3) is 10.9 Å². The maximum absolute atomic E-state index is 14.0. The molecule has 3 aromatic rings. The standard InChI is InChI=1S/C20H17F7N2O/c21-14-7-15(22)18-16(17(14)23)12(9-29-18)4-5-28-8-11-2-1-3-13(6-11)30-10-20(26,27)19(24)25/h1-3,6-7,9,19,28-29H,4-5,8,10H2. The van der Waals surface area contributed by atoms with Crippen LogP contribution >= 0.6 is 0 Å². The molecule has 0 spiro atoms. The third kappa shape index (κ3) is 4.86. The minimum atomic E-state index is -4.25. The van der Waals surface area contributed by atoms with E-state index in [0.29, 0.717) is 23.7 Å². The van der Waals surface area contributed by atoms with Gasteiger partial charge in [0.1, 0.15) is 11.6 Å². The molecule has 0 aliphatic heterocycles. The average molecular weight is 434 g/mol. The molecule has 0 aliphatic carbocycles. The molecule has 1 heterocycles. The zero-order chi connectivity index (χ0) is 21.9. The summed E-state index contributed by atoms with van der Waals surface area (Å²) >= 11 is 0. The molecule has 0 saturated carbocycles. The minimum absolute atomic E-state index is 0.0132. The first kappa shape index (κ1) is 21.9. The quantitative estimate of drug-likeness (QED) is 0.276. The van der Waals surface area contributed by atoms with Crippen molar-refractivity contribution in [3.63, 3.8) is 0 Å². The number of rotatable bonds is 9. The fourth-order valence-electron chi connectivity index (χ4n) is 2.91. The van der Waals surface area contributed by atoms with E-state index >= 15 is 0 Å². The number of aromatic amines is 1. The van der Waals surface area contributed by atoms with E-state index in [0.717, 1.165) is 0 Å². The van der Waals surface area contributed by atoms with Gasteiger partial charge in [0.05, 0.1) is 5.52 Å². The maximum Gasteiger partial charge on any atom is 0.340 e. The second kappa shape index (κ2) is 8.95. The Labute approximate surface area is 166 Å². The van der Waals surface area contributed by atoms with Crippen LogP contribution < -0.4 is 10.1 Å². The summed E-state index contributed by atoms with van der Waals surface area (Å²) in [6.07, 6.45) is -2.16. The molecule has 1 aromatic heterocycles. The molecule has 3 rings (SSSR count). The summed E-state index contributed by atoms with van der Waals surface area (Å²) < 4.78 is 96.1. The van der Waals surface area contributed by atoms with Crippen molar-refractivity contribution >= 4 is 10.9 Å². The number of aromatic nitrogens is 1. The van der Waals surface area contributed by atoms with Gasteiger partial charge in [0.15, 0.2) is 18.2 Å². The number of nitrogens with one attached hydrogen (secondary N) is 2. The van der Waals surface area contributed by atoms with Gasteiger partial charge in [0.2, 0.25) is 0 Å². The van der Waals surface area contributed by atoms with Crippen molar-refractivity contribution in [1.82, 2.24) is 10.3 Å². The van der Waals surface area contributed by atoms with Crippen LogP contribution in [0.3, 0.4) is 0 Å². The number of hydrogen-bond donors (Lipinski definition) is 2. The van der Waals surface area contributed by atoms with Crippen molar-refractivity contribution in [3.05, 3.63) is 65.1 Å². The van der Waals surface area contributed by atoms with Crippen LogP contribution in [0.1, 0.15) is 11.1 Å². The summed E-state index contributed by atoms with van der Waals surface area (Å²) in [5.74, 6) is -7.53. The first-order valence-corrected chi connectivity index (χ1v) is 8.91. The van der Waals surface area contributed by atoms with Crippen LogP contribution in [-0.2, 0) is 13.0 Å². The second-order valence-corrected chi connectivity index (χ2v) is 6.64.